The monoisotopic (exact) mass is 1320 g/mol. The van der Waals surface area contributed by atoms with Gasteiger partial charge in [-0.1, -0.05) is 305 Å². The summed E-state index contributed by atoms with van der Waals surface area (Å²) in [5, 5.41) is 10.6. The zero-order valence-corrected chi connectivity index (χ0v) is 60.4. The molecule has 5 unspecified atom stereocenters. The number of esters is 4. The number of hydrogen-bond acceptors (Lipinski definition) is 15. The summed E-state index contributed by atoms with van der Waals surface area (Å²) in [4.78, 5) is 72.6. The summed E-state index contributed by atoms with van der Waals surface area (Å²) < 4.78 is 68.3. The predicted molar refractivity (Wildman–Crippen MR) is 363 cm³/mol. The maximum atomic E-state index is 13.0. The van der Waals surface area contributed by atoms with Gasteiger partial charge in [0.2, 0.25) is 0 Å². The molecule has 0 radical (unpaired) electrons. The molecular formula is C71H138O17P2. The van der Waals surface area contributed by atoms with Crippen LogP contribution in [0.3, 0.4) is 0 Å². The second kappa shape index (κ2) is 61.9. The molecule has 19 heteroatoms. The Kier molecular flexibility index (Phi) is 60.6. The van der Waals surface area contributed by atoms with Crippen LogP contribution in [0.25, 0.3) is 0 Å². The summed E-state index contributed by atoms with van der Waals surface area (Å²) in [5.74, 6) is 0.177. The highest BCUT2D eigenvalue weighted by Crippen LogP contribution is 2.45. The smallest absolute Gasteiger partial charge is 0.462 e. The summed E-state index contributed by atoms with van der Waals surface area (Å²) in [7, 11) is -9.90. The molecule has 534 valence electrons. The Hall–Kier alpha value is -1.94. The Bertz CT molecular complexity index is 1770. The first-order chi connectivity index (χ1) is 43.3. The van der Waals surface area contributed by atoms with Crippen molar-refractivity contribution in [2.24, 2.45) is 17.8 Å². The van der Waals surface area contributed by atoms with E-state index in [1.807, 2.05) is 0 Å². The van der Waals surface area contributed by atoms with E-state index in [9.17, 15) is 43.2 Å². The zero-order valence-electron chi connectivity index (χ0n) is 58.6. The van der Waals surface area contributed by atoms with Crippen molar-refractivity contribution in [2.45, 2.75) is 375 Å². The number of aliphatic hydroxyl groups is 1. The van der Waals surface area contributed by atoms with Crippen LogP contribution in [0, 0.1) is 17.8 Å². The summed E-state index contributed by atoms with van der Waals surface area (Å²) in [6.45, 7) is 11.8. The van der Waals surface area contributed by atoms with Crippen molar-refractivity contribution in [1.29, 1.82) is 0 Å². The van der Waals surface area contributed by atoms with Crippen LogP contribution < -0.4 is 0 Å². The molecule has 0 aliphatic heterocycles. The van der Waals surface area contributed by atoms with Crippen LogP contribution in [0.4, 0.5) is 0 Å². The standard InChI is InChI=1S/C71H138O17P2/c1-8-12-13-14-15-16-17-18-19-20-24-30-38-45-52-68(73)81-58-66(87-70(75)54-47-40-31-25-22-21-23-28-35-42-49-62(5)9-2)60-85-89(77,78)83-56-65(72)57-84-90(79,80)86-61-67(59-82-69(74)53-46-39-34-33-37-44-51-64(7)11-4)88-71(76)55-48-41-32-27-26-29-36-43-50-63(6)10-3/h62-67,72H,8-61H2,1-7H3,(H,77,78)(H,79,80)/t62?,63?,64?,65-,66-,67-/m1/s1. The van der Waals surface area contributed by atoms with Crippen LogP contribution in [-0.2, 0) is 65.4 Å². The first-order valence-electron chi connectivity index (χ1n) is 37.0. The van der Waals surface area contributed by atoms with E-state index in [0.29, 0.717) is 25.7 Å². The summed E-state index contributed by atoms with van der Waals surface area (Å²) in [6, 6.07) is 0. The number of rotatable bonds is 69. The molecule has 0 aliphatic rings. The number of phosphoric acid groups is 2. The van der Waals surface area contributed by atoms with Gasteiger partial charge in [-0.3, -0.25) is 37.3 Å². The summed E-state index contributed by atoms with van der Waals surface area (Å²) in [5.41, 5.74) is 0. The third-order valence-electron chi connectivity index (χ3n) is 17.5. The van der Waals surface area contributed by atoms with Crippen molar-refractivity contribution >= 4 is 39.5 Å². The highest BCUT2D eigenvalue weighted by atomic mass is 31.2. The van der Waals surface area contributed by atoms with Gasteiger partial charge in [-0.15, -0.1) is 0 Å². The van der Waals surface area contributed by atoms with Crippen molar-refractivity contribution in [3.05, 3.63) is 0 Å². The fourth-order valence-corrected chi connectivity index (χ4v) is 12.2. The average Bonchev–Trinajstić information content (AvgIpc) is 2.90. The van der Waals surface area contributed by atoms with Crippen molar-refractivity contribution in [2.75, 3.05) is 39.6 Å². The van der Waals surface area contributed by atoms with Gasteiger partial charge in [-0.25, -0.2) is 9.13 Å². The highest BCUT2D eigenvalue weighted by Gasteiger charge is 2.30. The molecule has 90 heavy (non-hydrogen) atoms. The fourth-order valence-electron chi connectivity index (χ4n) is 10.6. The van der Waals surface area contributed by atoms with E-state index < -0.39 is 97.5 Å². The van der Waals surface area contributed by atoms with E-state index in [4.69, 9.17) is 37.0 Å². The molecule has 0 rings (SSSR count). The second-order valence-corrected chi connectivity index (χ2v) is 29.3. The Morgan fingerprint density at radius 3 is 0.789 bits per heavy atom. The van der Waals surface area contributed by atoms with E-state index in [0.717, 1.165) is 114 Å². The lowest BCUT2D eigenvalue weighted by atomic mass is 9.99. The van der Waals surface area contributed by atoms with Gasteiger partial charge in [0.15, 0.2) is 12.2 Å². The van der Waals surface area contributed by atoms with Gasteiger partial charge >= 0.3 is 39.5 Å². The SMILES string of the molecule is CCCCCCCCCCCCCCCCC(=O)OC[C@H](COP(=O)(O)OC[C@@H](O)COP(=O)(O)OC[C@@H](COC(=O)CCCCCCCCC(C)CC)OC(=O)CCCCCCCCCCC(C)CC)OC(=O)CCCCCCCCCCCCC(C)CC. The van der Waals surface area contributed by atoms with Crippen molar-refractivity contribution < 1.29 is 80.2 Å². The number of phosphoric ester groups is 2. The number of carbonyl (C=O) groups is 4. The Morgan fingerprint density at radius 2 is 0.533 bits per heavy atom. The first-order valence-corrected chi connectivity index (χ1v) is 40.0. The lowest BCUT2D eigenvalue weighted by molar-refractivity contribution is -0.161. The molecular weight excluding hydrogens is 1190 g/mol. The molecule has 0 aromatic carbocycles. The van der Waals surface area contributed by atoms with Crippen LogP contribution in [0.1, 0.15) is 357 Å². The lowest BCUT2D eigenvalue weighted by Crippen LogP contribution is -2.30. The van der Waals surface area contributed by atoms with Gasteiger partial charge in [0.05, 0.1) is 26.4 Å². The van der Waals surface area contributed by atoms with Gasteiger partial charge in [-0.2, -0.15) is 0 Å². The quantitative estimate of drug-likeness (QED) is 0.0222. The van der Waals surface area contributed by atoms with E-state index in [1.54, 1.807) is 0 Å². The average molecular weight is 1330 g/mol. The van der Waals surface area contributed by atoms with E-state index in [1.165, 1.54) is 161 Å². The Balaban J connectivity index is 5.27. The van der Waals surface area contributed by atoms with Gasteiger partial charge in [0, 0.05) is 25.7 Å². The summed E-state index contributed by atoms with van der Waals surface area (Å²) >= 11 is 0. The highest BCUT2D eigenvalue weighted by molar-refractivity contribution is 7.47. The molecule has 3 N–H and O–H groups in total. The Labute approximate surface area is 549 Å². The van der Waals surface area contributed by atoms with Crippen LogP contribution in [0.15, 0.2) is 0 Å². The van der Waals surface area contributed by atoms with E-state index in [2.05, 4.69) is 48.5 Å². The molecule has 0 saturated carbocycles. The molecule has 17 nitrogen and oxygen atoms in total. The molecule has 0 aromatic heterocycles. The normalized spacial score (nSPS) is 15.1. The minimum absolute atomic E-state index is 0.104. The van der Waals surface area contributed by atoms with Crippen molar-refractivity contribution in [1.82, 2.24) is 0 Å². The van der Waals surface area contributed by atoms with Gasteiger partial charge in [-0.05, 0) is 43.4 Å². The first kappa shape index (κ1) is 88.1. The minimum Gasteiger partial charge on any atom is -0.462 e. The third-order valence-corrected chi connectivity index (χ3v) is 19.4. The van der Waals surface area contributed by atoms with Crippen molar-refractivity contribution in [3.8, 4) is 0 Å². The second-order valence-electron chi connectivity index (χ2n) is 26.4. The van der Waals surface area contributed by atoms with Crippen LogP contribution in [-0.4, -0.2) is 96.7 Å². The third kappa shape index (κ3) is 61.0. The fraction of sp³-hybridized carbons (Fsp3) is 0.944. The van der Waals surface area contributed by atoms with Crippen LogP contribution >= 0.6 is 15.6 Å². The van der Waals surface area contributed by atoms with Gasteiger partial charge in [0.25, 0.3) is 0 Å². The zero-order chi connectivity index (χ0) is 66.6. The number of unbranched alkanes of at least 4 members (excludes halogenated alkanes) is 34. The molecule has 0 saturated heterocycles. The number of ether oxygens (including phenoxy) is 4. The molecule has 0 aromatic rings. The molecule has 0 heterocycles. The number of carbonyl (C=O) groups excluding carboxylic acids is 4. The van der Waals surface area contributed by atoms with E-state index >= 15 is 0 Å². The maximum Gasteiger partial charge on any atom is 0.472 e. The van der Waals surface area contributed by atoms with E-state index in [-0.39, 0.29) is 25.7 Å². The summed E-state index contributed by atoms with van der Waals surface area (Å²) in [6.07, 6.45) is 45.6. The van der Waals surface area contributed by atoms with Gasteiger partial charge < -0.3 is 33.8 Å². The molecule has 0 bridgehead atoms. The van der Waals surface area contributed by atoms with Crippen molar-refractivity contribution in [3.63, 3.8) is 0 Å². The number of hydrogen-bond donors (Lipinski definition) is 3. The predicted octanol–water partition coefficient (Wildman–Crippen LogP) is 20.2. The van der Waals surface area contributed by atoms with Crippen LogP contribution in [0.5, 0.6) is 0 Å². The lowest BCUT2D eigenvalue weighted by Gasteiger charge is -2.21. The van der Waals surface area contributed by atoms with Crippen LogP contribution in [0.2, 0.25) is 0 Å². The number of aliphatic hydroxyl groups excluding tert-OH is 1. The molecule has 0 aliphatic carbocycles. The Morgan fingerprint density at radius 1 is 0.311 bits per heavy atom. The van der Waals surface area contributed by atoms with Gasteiger partial charge in [0.1, 0.15) is 19.3 Å². The molecule has 0 fully saturated rings. The maximum absolute atomic E-state index is 13.0. The molecule has 0 spiro atoms. The molecule has 8 atom stereocenters. The minimum atomic E-state index is -4.95. The largest absolute Gasteiger partial charge is 0.472 e. The molecule has 0 amide bonds. The topological polar surface area (TPSA) is 237 Å².